The molecule has 1 heterocycles. The van der Waals surface area contributed by atoms with Crippen molar-refractivity contribution in [2.45, 2.75) is 39.1 Å². The van der Waals surface area contributed by atoms with E-state index in [0.29, 0.717) is 0 Å². The molecule has 104 valence electrons. The Morgan fingerprint density at radius 3 is 2.56 bits per heavy atom. The Balaban J connectivity index is 3.03. The Hall–Kier alpha value is -0.430. The normalized spacial score (nSPS) is 13.2. The first-order valence-corrected chi connectivity index (χ1v) is 6.99. The van der Waals surface area contributed by atoms with Gasteiger partial charge in [0.05, 0.1) is 16.4 Å². The molecule has 1 unspecified atom stereocenters. The number of hydrogen-bond acceptors (Lipinski definition) is 4. The number of ether oxygens (including phenoxy) is 2. The van der Waals surface area contributed by atoms with Crippen LogP contribution in [0.1, 0.15) is 32.0 Å². The number of aryl methyl sites for hydroxylation is 1. The van der Waals surface area contributed by atoms with Crippen molar-refractivity contribution in [3.8, 4) is 0 Å². The number of aromatic nitrogens is 2. The molecule has 0 saturated carbocycles. The molecule has 0 spiro atoms. The van der Waals surface area contributed by atoms with E-state index in [9.17, 15) is 0 Å². The van der Waals surface area contributed by atoms with E-state index in [1.807, 2.05) is 10.9 Å². The zero-order valence-corrected chi connectivity index (χ0v) is 13.0. The minimum absolute atomic E-state index is 0.0447. The quantitative estimate of drug-likeness (QED) is 0.747. The van der Waals surface area contributed by atoms with E-state index >= 15 is 0 Å². The molecule has 0 radical (unpaired) electrons. The van der Waals surface area contributed by atoms with Gasteiger partial charge in [0.1, 0.15) is 6.04 Å². The van der Waals surface area contributed by atoms with Crippen LogP contribution in [0, 0.1) is 0 Å². The Morgan fingerprint density at radius 2 is 2.06 bits per heavy atom. The van der Waals surface area contributed by atoms with E-state index in [1.165, 1.54) is 0 Å². The molecule has 1 rings (SSSR count). The summed E-state index contributed by atoms with van der Waals surface area (Å²) in [5, 5.41) is 7.78. The Labute approximate surface area is 117 Å². The molecule has 6 heteroatoms. The number of nitrogens with one attached hydrogen (secondary N) is 1. The van der Waals surface area contributed by atoms with Gasteiger partial charge in [0.15, 0.2) is 6.29 Å². The van der Waals surface area contributed by atoms with E-state index in [1.54, 1.807) is 14.2 Å². The van der Waals surface area contributed by atoms with Crippen LogP contribution in [0.2, 0.25) is 0 Å². The van der Waals surface area contributed by atoms with Gasteiger partial charge in [-0.3, -0.25) is 4.68 Å². The van der Waals surface area contributed by atoms with Gasteiger partial charge in [0.2, 0.25) is 0 Å². The number of nitrogens with zero attached hydrogens (tertiary/aromatic N) is 2. The van der Waals surface area contributed by atoms with E-state index in [0.717, 1.165) is 29.7 Å². The van der Waals surface area contributed by atoms with Crippen LogP contribution in [-0.2, 0) is 16.0 Å². The molecule has 0 bridgehead atoms. The van der Waals surface area contributed by atoms with Crippen LogP contribution < -0.4 is 5.32 Å². The van der Waals surface area contributed by atoms with Crippen LogP contribution in [0.25, 0.3) is 0 Å². The minimum Gasteiger partial charge on any atom is -0.354 e. The summed E-state index contributed by atoms with van der Waals surface area (Å²) in [6.45, 7) is 5.90. The van der Waals surface area contributed by atoms with Crippen molar-refractivity contribution in [3.05, 3.63) is 16.4 Å². The molecular weight excluding hydrogens is 298 g/mol. The first kappa shape index (κ1) is 15.6. The first-order chi connectivity index (χ1) is 8.69. The smallest absolute Gasteiger partial charge is 0.177 e. The maximum atomic E-state index is 5.39. The van der Waals surface area contributed by atoms with Gasteiger partial charge in [-0.05, 0) is 35.8 Å². The Bertz CT molecular complexity index is 353. The third-order valence-corrected chi connectivity index (χ3v) is 3.39. The van der Waals surface area contributed by atoms with Crippen molar-refractivity contribution in [2.75, 3.05) is 20.8 Å². The average Bonchev–Trinajstić information content (AvgIpc) is 2.75. The summed E-state index contributed by atoms with van der Waals surface area (Å²) in [5.41, 5.74) is 1.06. The fourth-order valence-electron chi connectivity index (χ4n) is 1.92. The van der Waals surface area contributed by atoms with Crippen LogP contribution in [0.5, 0.6) is 0 Å². The van der Waals surface area contributed by atoms with Gasteiger partial charge < -0.3 is 14.8 Å². The molecule has 0 amide bonds. The van der Waals surface area contributed by atoms with Crippen molar-refractivity contribution in [1.29, 1.82) is 0 Å². The topological polar surface area (TPSA) is 48.3 Å². The van der Waals surface area contributed by atoms with Crippen LogP contribution in [-0.4, -0.2) is 36.8 Å². The molecule has 1 atom stereocenters. The second-order valence-corrected chi connectivity index (χ2v) is 4.82. The monoisotopic (exact) mass is 319 g/mol. The summed E-state index contributed by atoms with van der Waals surface area (Å²) < 4.78 is 13.7. The van der Waals surface area contributed by atoms with Crippen LogP contribution in [0.4, 0.5) is 0 Å². The molecule has 0 aliphatic heterocycles. The van der Waals surface area contributed by atoms with E-state index in [4.69, 9.17) is 9.47 Å². The largest absolute Gasteiger partial charge is 0.354 e. The van der Waals surface area contributed by atoms with Crippen molar-refractivity contribution in [2.24, 2.45) is 0 Å². The van der Waals surface area contributed by atoms with Gasteiger partial charge in [-0.25, -0.2) is 0 Å². The summed E-state index contributed by atoms with van der Waals surface area (Å²) >= 11 is 3.54. The second kappa shape index (κ2) is 7.89. The molecule has 5 nitrogen and oxygen atoms in total. The molecule has 18 heavy (non-hydrogen) atoms. The molecule has 0 fully saturated rings. The SMILES string of the molecule is CCCNC(c1c(Br)cnn1CC)C(OC)OC. The van der Waals surface area contributed by atoms with Crippen molar-refractivity contribution < 1.29 is 9.47 Å². The highest BCUT2D eigenvalue weighted by Gasteiger charge is 2.27. The van der Waals surface area contributed by atoms with Crippen LogP contribution >= 0.6 is 15.9 Å². The number of methoxy groups -OCH3 is 2. The average molecular weight is 320 g/mol. The third-order valence-electron chi connectivity index (χ3n) is 2.78. The molecule has 0 aliphatic rings. The molecule has 1 N–H and O–H groups in total. The lowest BCUT2D eigenvalue weighted by atomic mass is 10.2. The minimum atomic E-state index is -0.338. The number of halogens is 1. The van der Waals surface area contributed by atoms with Gasteiger partial charge in [0, 0.05) is 20.8 Å². The number of hydrogen-bond donors (Lipinski definition) is 1. The highest BCUT2D eigenvalue weighted by Crippen LogP contribution is 2.27. The lowest BCUT2D eigenvalue weighted by Gasteiger charge is -2.26. The zero-order chi connectivity index (χ0) is 13.5. The first-order valence-electron chi connectivity index (χ1n) is 6.19. The zero-order valence-electron chi connectivity index (χ0n) is 11.4. The lowest BCUT2D eigenvalue weighted by Crippen LogP contribution is -2.36. The molecule has 0 saturated heterocycles. The predicted octanol–water partition coefficient (Wildman–Crippen LogP) is 2.33. The van der Waals surface area contributed by atoms with Gasteiger partial charge >= 0.3 is 0 Å². The molecule has 1 aromatic rings. The highest BCUT2D eigenvalue weighted by molar-refractivity contribution is 9.10. The summed E-state index contributed by atoms with van der Waals surface area (Å²) in [4.78, 5) is 0. The van der Waals surface area contributed by atoms with Gasteiger partial charge in [-0.1, -0.05) is 6.92 Å². The molecule has 0 aromatic carbocycles. The summed E-state index contributed by atoms with van der Waals surface area (Å²) in [7, 11) is 3.30. The number of rotatable bonds is 8. The van der Waals surface area contributed by atoms with Gasteiger partial charge in [-0.2, -0.15) is 5.10 Å². The van der Waals surface area contributed by atoms with Gasteiger partial charge in [-0.15, -0.1) is 0 Å². The van der Waals surface area contributed by atoms with Crippen LogP contribution in [0.3, 0.4) is 0 Å². The molecular formula is C12H22BrN3O2. The Kier molecular flexibility index (Phi) is 6.85. The fraction of sp³-hybridized carbons (Fsp3) is 0.750. The standard InChI is InChI=1S/C12H22BrN3O2/c1-5-7-14-10(12(17-3)18-4)11-9(13)8-15-16(11)6-2/h8,10,12,14H,5-7H2,1-4H3. The lowest BCUT2D eigenvalue weighted by molar-refractivity contribution is -0.125. The van der Waals surface area contributed by atoms with Crippen molar-refractivity contribution in [1.82, 2.24) is 15.1 Å². The fourth-order valence-corrected chi connectivity index (χ4v) is 2.47. The summed E-state index contributed by atoms with van der Waals surface area (Å²) in [6, 6.07) is -0.0447. The molecule has 0 aliphatic carbocycles. The summed E-state index contributed by atoms with van der Waals surface area (Å²) in [5.74, 6) is 0. The predicted molar refractivity (Wildman–Crippen MR) is 74.4 cm³/mol. The van der Waals surface area contributed by atoms with Gasteiger partial charge in [0.25, 0.3) is 0 Å². The maximum absolute atomic E-state index is 5.39. The van der Waals surface area contributed by atoms with Crippen LogP contribution in [0.15, 0.2) is 10.7 Å². The van der Waals surface area contributed by atoms with E-state index in [2.05, 4.69) is 40.2 Å². The summed E-state index contributed by atoms with van der Waals surface area (Å²) in [6.07, 6.45) is 2.52. The maximum Gasteiger partial charge on any atom is 0.177 e. The van der Waals surface area contributed by atoms with Crippen molar-refractivity contribution >= 4 is 15.9 Å². The third kappa shape index (κ3) is 3.54. The second-order valence-electron chi connectivity index (χ2n) is 3.97. The molecule has 1 aromatic heterocycles. The Morgan fingerprint density at radius 1 is 1.39 bits per heavy atom. The van der Waals surface area contributed by atoms with E-state index < -0.39 is 0 Å². The van der Waals surface area contributed by atoms with E-state index in [-0.39, 0.29) is 12.3 Å². The highest BCUT2D eigenvalue weighted by atomic mass is 79.9. The van der Waals surface area contributed by atoms with Crippen molar-refractivity contribution in [3.63, 3.8) is 0 Å².